The number of ether oxygens (including phenoxy) is 1. The Bertz CT molecular complexity index is 1230. The van der Waals surface area contributed by atoms with E-state index in [-0.39, 0.29) is 24.5 Å². The molecule has 154 valence electrons. The minimum Gasteiger partial charge on any atom is -0.461 e. The number of imidazole rings is 1. The summed E-state index contributed by atoms with van der Waals surface area (Å²) in [4.78, 5) is 18.1. The van der Waals surface area contributed by atoms with Crippen LogP contribution in [0.25, 0.3) is 16.9 Å². The lowest BCUT2D eigenvalue weighted by Gasteiger charge is -2.09. The number of para-hydroxylation sites is 2. The molecule has 0 bridgehead atoms. The van der Waals surface area contributed by atoms with Crippen LogP contribution in [0.5, 0.6) is 6.01 Å². The Morgan fingerprint density at radius 2 is 1.93 bits per heavy atom. The highest BCUT2D eigenvalue weighted by atomic mass is 19.1. The number of hydrogen-bond acceptors (Lipinski definition) is 6. The average Bonchev–Trinajstić information content (AvgIpc) is 3.37. The Hall–Kier alpha value is -3.36. The summed E-state index contributed by atoms with van der Waals surface area (Å²) in [7, 11) is 2.04. The molecule has 9 heteroatoms. The van der Waals surface area contributed by atoms with E-state index in [1.54, 1.807) is 4.68 Å². The van der Waals surface area contributed by atoms with Crippen LogP contribution in [0.4, 0.5) is 4.39 Å². The molecule has 2 atom stereocenters. The van der Waals surface area contributed by atoms with E-state index in [1.807, 2.05) is 45.2 Å². The van der Waals surface area contributed by atoms with Crippen molar-refractivity contribution < 1.29 is 9.13 Å². The van der Waals surface area contributed by atoms with Gasteiger partial charge in [0, 0.05) is 24.9 Å². The summed E-state index contributed by atoms with van der Waals surface area (Å²) in [6, 6.07) is 10.2. The molecule has 0 saturated heterocycles. The first-order valence-electron chi connectivity index (χ1n) is 9.95. The van der Waals surface area contributed by atoms with Crippen molar-refractivity contribution in [3.63, 3.8) is 0 Å². The number of fused-ring (bicyclic) bond motifs is 1. The fourth-order valence-corrected chi connectivity index (χ4v) is 3.96. The zero-order chi connectivity index (χ0) is 20.8. The molecular formula is C21H22FN7O. The second-order valence-corrected chi connectivity index (χ2v) is 7.56. The smallest absolute Gasteiger partial charge is 0.318 e. The van der Waals surface area contributed by atoms with Gasteiger partial charge < -0.3 is 9.30 Å². The number of alkyl halides is 1. The van der Waals surface area contributed by atoms with Gasteiger partial charge in [-0.1, -0.05) is 12.1 Å². The van der Waals surface area contributed by atoms with E-state index in [9.17, 15) is 4.39 Å². The summed E-state index contributed by atoms with van der Waals surface area (Å²) in [5.41, 5.74) is 2.95. The van der Waals surface area contributed by atoms with Crippen LogP contribution in [0.2, 0.25) is 0 Å². The molecule has 4 aromatic rings. The molecule has 0 spiro atoms. The van der Waals surface area contributed by atoms with Gasteiger partial charge in [0.2, 0.25) is 0 Å². The minimum atomic E-state index is -0.601. The monoisotopic (exact) mass is 407 g/mol. The highest BCUT2D eigenvalue weighted by Gasteiger charge is 2.44. The van der Waals surface area contributed by atoms with E-state index >= 15 is 0 Å². The van der Waals surface area contributed by atoms with Crippen LogP contribution >= 0.6 is 0 Å². The van der Waals surface area contributed by atoms with Gasteiger partial charge in [-0.3, -0.25) is 0 Å². The maximum Gasteiger partial charge on any atom is 0.318 e. The van der Waals surface area contributed by atoms with Crippen molar-refractivity contribution in [1.29, 1.82) is 0 Å². The van der Waals surface area contributed by atoms with Crippen molar-refractivity contribution in [2.45, 2.75) is 32.1 Å². The summed E-state index contributed by atoms with van der Waals surface area (Å²) >= 11 is 0. The van der Waals surface area contributed by atoms with Gasteiger partial charge in [0.25, 0.3) is 0 Å². The van der Waals surface area contributed by atoms with Gasteiger partial charge in [0.1, 0.15) is 30.8 Å². The number of benzene rings is 1. The number of aromatic nitrogens is 7. The van der Waals surface area contributed by atoms with E-state index in [0.29, 0.717) is 11.6 Å². The van der Waals surface area contributed by atoms with E-state index in [1.165, 1.54) is 0 Å². The second-order valence-electron chi connectivity index (χ2n) is 7.56. The maximum absolute atomic E-state index is 12.7. The van der Waals surface area contributed by atoms with Gasteiger partial charge in [-0.05, 0) is 32.4 Å². The topological polar surface area (TPSA) is 83.5 Å². The predicted molar refractivity (Wildman–Crippen MR) is 109 cm³/mol. The molecule has 1 fully saturated rings. The van der Waals surface area contributed by atoms with Crippen LogP contribution in [0.1, 0.15) is 41.4 Å². The first-order chi connectivity index (χ1) is 14.5. The van der Waals surface area contributed by atoms with Crippen molar-refractivity contribution in [1.82, 2.24) is 34.3 Å². The number of halogens is 1. The van der Waals surface area contributed by atoms with Crippen molar-refractivity contribution in [3.8, 4) is 11.8 Å². The fraction of sp³-hybridized carbons (Fsp3) is 0.381. The predicted octanol–water partition coefficient (Wildman–Crippen LogP) is 3.18. The molecule has 0 N–H and O–H groups in total. The van der Waals surface area contributed by atoms with Crippen LogP contribution in [-0.4, -0.2) is 47.6 Å². The van der Waals surface area contributed by atoms with E-state index < -0.39 is 6.67 Å². The lowest BCUT2D eigenvalue weighted by molar-refractivity contribution is 0.253. The third-order valence-corrected chi connectivity index (χ3v) is 5.44. The lowest BCUT2D eigenvalue weighted by Crippen LogP contribution is -2.09. The Balaban J connectivity index is 1.51. The van der Waals surface area contributed by atoms with Gasteiger partial charge in [0.15, 0.2) is 5.82 Å². The van der Waals surface area contributed by atoms with Gasteiger partial charge in [0.05, 0.1) is 16.7 Å². The van der Waals surface area contributed by atoms with Gasteiger partial charge in [-0.15, -0.1) is 5.10 Å². The normalized spacial score (nSPS) is 18.1. The van der Waals surface area contributed by atoms with Crippen molar-refractivity contribution in [2.24, 2.45) is 7.05 Å². The molecule has 5 rings (SSSR count). The molecule has 0 amide bonds. The zero-order valence-electron chi connectivity index (χ0n) is 17.1. The molecule has 0 radical (unpaired) electrons. The molecular weight excluding hydrogens is 385 g/mol. The van der Waals surface area contributed by atoms with E-state index in [0.717, 1.165) is 34.8 Å². The fourth-order valence-electron chi connectivity index (χ4n) is 3.96. The van der Waals surface area contributed by atoms with Crippen LogP contribution in [0.3, 0.4) is 0 Å². The molecule has 30 heavy (non-hydrogen) atoms. The molecule has 0 unspecified atom stereocenters. The number of hydrogen-bond donors (Lipinski definition) is 0. The van der Waals surface area contributed by atoms with Gasteiger partial charge in [-0.2, -0.15) is 14.6 Å². The minimum absolute atomic E-state index is 0.0862. The van der Waals surface area contributed by atoms with Crippen LogP contribution in [0, 0.1) is 13.8 Å². The summed E-state index contributed by atoms with van der Waals surface area (Å²) in [6.45, 7) is 3.01. The first kappa shape index (κ1) is 18.7. The van der Waals surface area contributed by atoms with Crippen molar-refractivity contribution in [3.05, 3.63) is 53.5 Å². The molecule has 1 aliphatic carbocycles. The number of rotatable bonds is 6. The Labute approximate surface area is 172 Å². The Kier molecular flexibility index (Phi) is 4.45. The number of aryl methyl sites for hydroxylation is 3. The van der Waals surface area contributed by atoms with E-state index in [2.05, 4.69) is 30.7 Å². The summed E-state index contributed by atoms with van der Waals surface area (Å²) in [6.07, 6.45) is 0.936. The molecule has 1 aliphatic rings. The van der Waals surface area contributed by atoms with Crippen LogP contribution < -0.4 is 4.74 Å². The first-order valence-corrected chi connectivity index (χ1v) is 9.95. The third kappa shape index (κ3) is 3.20. The zero-order valence-corrected chi connectivity index (χ0v) is 17.1. The summed E-state index contributed by atoms with van der Waals surface area (Å²) in [5, 5.41) is 4.41. The standard InChI is InChI=1S/C21H22FN7O/c1-12-23-13(2)29(27-12)19-11-17(25-21(26-19)30-9-8-22)14-10-15(14)20-24-16-6-4-5-7-18(16)28(20)3/h4-7,11,14-15H,8-10H2,1-3H3/t14-,15-/m0/s1. The SMILES string of the molecule is Cc1nc(C)n(-c2cc([C@H]3C[C@@H]3c3nc4ccccc4n3C)nc(OCCF)n2)n1. The van der Waals surface area contributed by atoms with Crippen LogP contribution in [-0.2, 0) is 7.05 Å². The van der Waals surface area contributed by atoms with Crippen molar-refractivity contribution in [2.75, 3.05) is 13.3 Å². The second kappa shape index (κ2) is 7.16. The Morgan fingerprint density at radius 3 is 2.67 bits per heavy atom. The van der Waals surface area contributed by atoms with Gasteiger partial charge >= 0.3 is 6.01 Å². The lowest BCUT2D eigenvalue weighted by atomic mass is 10.2. The quantitative estimate of drug-likeness (QED) is 0.488. The highest BCUT2D eigenvalue weighted by molar-refractivity contribution is 5.76. The van der Waals surface area contributed by atoms with Crippen LogP contribution in [0.15, 0.2) is 30.3 Å². The molecule has 1 saturated carbocycles. The van der Waals surface area contributed by atoms with Crippen molar-refractivity contribution >= 4 is 11.0 Å². The average molecular weight is 407 g/mol. The third-order valence-electron chi connectivity index (χ3n) is 5.44. The number of nitrogens with zero attached hydrogens (tertiary/aromatic N) is 7. The molecule has 8 nitrogen and oxygen atoms in total. The molecule has 3 heterocycles. The molecule has 0 aliphatic heterocycles. The van der Waals surface area contributed by atoms with Gasteiger partial charge in [-0.25, -0.2) is 14.4 Å². The maximum atomic E-state index is 12.7. The van der Waals surface area contributed by atoms with E-state index in [4.69, 9.17) is 9.72 Å². The molecule has 3 aromatic heterocycles. The Morgan fingerprint density at radius 1 is 1.10 bits per heavy atom. The summed E-state index contributed by atoms with van der Waals surface area (Å²) < 4.78 is 21.9. The summed E-state index contributed by atoms with van der Waals surface area (Å²) in [5.74, 6) is 3.44. The largest absolute Gasteiger partial charge is 0.461 e. The molecule has 1 aromatic carbocycles. The highest BCUT2D eigenvalue weighted by Crippen LogP contribution is 2.54.